The quantitative estimate of drug-likeness (QED) is 0.164. The van der Waals surface area contributed by atoms with Gasteiger partial charge in [0.1, 0.15) is 0 Å². The highest BCUT2D eigenvalue weighted by molar-refractivity contribution is 6.15. The van der Waals surface area contributed by atoms with Crippen molar-refractivity contribution in [2.75, 3.05) is 0 Å². The average molecular weight is 655 g/mol. The molecule has 51 heavy (non-hydrogen) atoms. The molecule has 2 aliphatic carbocycles. The van der Waals surface area contributed by atoms with Crippen molar-refractivity contribution in [2.24, 2.45) is 10.9 Å². The Morgan fingerprint density at radius 3 is 2.18 bits per heavy atom. The van der Waals surface area contributed by atoms with Crippen molar-refractivity contribution in [3.8, 4) is 33.5 Å². The minimum Gasteiger partial charge on any atom is -0.281 e. The second kappa shape index (κ2) is 13.7. The van der Waals surface area contributed by atoms with E-state index in [4.69, 9.17) is 9.98 Å². The summed E-state index contributed by atoms with van der Waals surface area (Å²) in [5, 5.41) is 5.05. The molecule has 2 heteroatoms. The third-order valence-corrected chi connectivity index (χ3v) is 10.4. The monoisotopic (exact) mass is 654 g/mol. The minimum absolute atomic E-state index is 0.162. The lowest BCUT2D eigenvalue weighted by atomic mass is 9.82. The van der Waals surface area contributed by atoms with E-state index in [0.717, 1.165) is 41.8 Å². The molecule has 3 aliphatic rings. The first-order valence-electron chi connectivity index (χ1n) is 18.0. The Morgan fingerprint density at radius 2 is 1.33 bits per heavy atom. The molecule has 0 saturated carbocycles. The average Bonchev–Trinajstić information content (AvgIpc) is 3.51. The van der Waals surface area contributed by atoms with Crippen molar-refractivity contribution >= 4 is 32.8 Å². The lowest BCUT2D eigenvalue weighted by molar-refractivity contribution is 0.511. The van der Waals surface area contributed by atoms with Crippen LogP contribution in [0.5, 0.6) is 0 Å². The summed E-state index contributed by atoms with van der Waals surface area (Å²) in [6.45, 7) is 0. The molecule has 2 unspecified atom stereocenters. The second-order valence-electron chi connectivity index (χ2n) is 13.7. The van der Waals surface area contributed by atoms with E-state index < -0.39 is 0 Å². The maximum absolute atomic E-state index is 5.43. The van der Waals surface area contributed by atoms with Crippen LogP contribution in [0.15, 0.2) is 193 Å². The number of benzene rings is 5. The van der Waals surface area contributed by atoms with Gasteiger partial charge in [-0.3, -0.25) is 9.98 Å². The molecule has 0 N–H and O–H groups in total. The number of hydrogen-bond acceptors (Lipinski definition) is 2. The van der Waals surface area contributed by atoms with Crippen molar-refractivity contribution in [3.63, 3.8) is 0 Å². The van der Waals surface area contributed by atoms with Gasteiger partial charge >= 0.3 is 0 Å². The molecule has 244 valence electrons. The Labute approximate surface area is 299 Å². The molecular weight excluding hydrogens is 617 g/mol. The lowest BCUT2D eigenvalue weighted by Crippen LogP contribution is -2.23. The standard InChI is InChI=1S/C49H38N2/c1-2-6-18-35(17-5-1)48-31-40(32-49(51-48)36-19-9-4-10-20-36)39-27-41(46-30-37-21-11-12-22-43(37)44-23-13-14-24-45(44)46)29-42(28-39)47-26-25-38(33-50-47)34-15-7-3-8-16-34/h1-17,19,21-31,33,36,49H,18,20,32H2. The fourth-order valence-electron chi connectivity index (χ4n) is 7.76. The highest BCUT2D eigenvalue weighted by atomic mass is 14.8. The van der Waals surface area contributed by atoms with Gasteiger partial charge in [-0.15, -0.1) is 0 Å². The largest absolute Gasteiger partial charge is 0.281 e. The van der Waals surface area contributed by atoms with E-state index in [9.17, 15) is 0 Å². The van der Waals surface area contributed by atoms with Crippen LogP contribution in [0.2, 0.25) is 0 Å². The molecule has 6 aromatic rings. The molecule has 0 spiro atoms. The molecular formula is C49H38N2. The molecule has 2 nitrogen and oxygen atoms in total. The van der Waals surface area contributed by atoms with Crippen LogP contribution < -0.4 is 0 Å². The number of allylic oxidation sites excluding steroid dienone is 10. The highest BCUT2D eigenvalue weighted by Crippen LogP contribution is 2.40. The van der Waals surface area contributed by atoms with E-state index in [-0.39, 0.29) is 6.04 Å². The Balaban J connectivity index is 1.23. The molecule has 0 radical (unpaired) electrons. The molecule has 0 bridgehead atoms. The van der Waals surface area contributed by atoms with Gasteiger partial charge in [0.2, 0.25) is 0 Å². The van der Waals surface area contributed by atoms with Gasteiger partial charge in [-0.05, 0) is 111 Å². The van der Waals surface area contributed by atoms with Gasteiger partial charge < -0.3 is 0 Å². The zero-order valence-electron chi connectivity index (χ0n) is 28.5. The van der Waals surface area contributed by atoms with Gasteiger partial charge in [-0.2, -0.15) is 0 Å². The summed E-state index contributed by atoms with van der Waals surface area (Å²) in [5.41, 5.74) is 11.7. The van der Waals surface area contributed by atoms with E-state index in [1.807, 2.05) is 6.20 Å². The number of nitrogens with zero attached hydrogens (tertiary/aromatic N) is 2. The molecule has 9 rings (SSSR count). The van der Waals surface area contributed by atoms with Gasteiger partial charge in [-0.25, -0.2) is 0 Å². The molecule has 1 aliphatic heterocycles. The third kappa shape index (κ3) is 6.26. The summed E-state index contributed by atoms with van der Waals surface area (Å²) >= 11 is 0. The van der Waals surface area contributed by atoms with Crippen molar-refractivity contribution in [1.82, 2.24) is 4.98 Å². The summed E-state index contributed by atoms with van der Waals surface area (Å²) in [6, 6.07) is 42.0. The van der Waals surface area contributed by atoms with Crippen LogP contribution in [0.1, 0.15) is 24.8 Å². The molecule has 0 saturated heterocycles. The number of fused-ring (bicyclic) bond motifs is 3. The van der Waals surface area contributed by atoms with Crippen LogP contribution in [-0.2, 0) is 0 Å². The summed E-state index contributed by atoms with van der Waals surface area (Å²) in [6.07, 6.45) is 26.9. The minimum atomic E-state index is 0.162. The molecule has 5 aromatic carbocycles. The number of aromatic nitrogens is 1. The Kier molecular flexibility index (Phi) is 8.27. The van der Waals surface area contributed by atoms with Crippen LogP contribution in [0, 0.1) is 5.92 Å². The predicted octanol–water partition coefficient (Wildman–Crippen LogP) is 12.6. The lowest BCUT2D eigenvalue weighted by Gasteiger charge is -2.28. The molecule has 0 amide bonds. The van der Waals surface area contributed by atoms with Crippen LogP contribution in [0.25, 0.3) is 60.6 Å². The summed E-state index contributed by atoms with van der Waals surface area (Å²) in [7, 11) is 0. The number of dihydropyridines is 1. The smallest absolute Gasteiger partial charge is 0.0702 e. The highest BCUT2D eigenvalue weighted by Gasteiger charge is 2.26. The van der Waals surface area contributed by atoms with Crippen LogP contribution >= 0.6 is 0 Å². The van der Waals surface area contributed by atoms with E-state index in [0.29, 0.717) is 5.92 Å². The first kappa shape index (κ1) is 30.9. The molecule has 2 atom stereocenters. The Hall–Kier alpha value is -6.12. The van der Waals surface area contributed by atoms with Gasteiger partial charge in [0, 0.05) is 23.2 Å². The topological polar surface area (TPSA) is 25.2 Å². The number of aliphatic imine (C=N–C) groups is 1. The second-order valence-corrected chi connectivity index (χ2v) is 13.7. The fourth-order valence-corrected chi connectivity index (χ4v) is 7.76. The van der Waals surface area contributed by atoms with Crippen LogP contribution in [0.3, 0.4) is 0 Å². The summed E-state index contributed by atoms with van der Waals surface area (Å²) in [4.78, 5) is 10.5. The summed E-state index contributed by atoms with van der Waals surface area (Å²) < 4.78 is 0. The van der Waals surface area contributed by atoms with Crippen molar-refractivity contribution in [3.05, 3.63) is 193 Å². The Morgan fingerprint density at radius 1 is 0.549 bits per heavy atom. The van der Waals surface area contributed by atoms with Gasteiger partial charge in [0.05, 0.1) is 17.4 Å². The van der Waals surface area contributed by atoms with E-state index >= 15 is 0 Å². The van der Waals surface area contributed by atoms with E-state index in [2.05, 4.69) is 176 Å². The number of rotatable bonds is 6. The molecule has 1 aromatic heterocycles. The van der Waals surface area contributed by atoms with Crippen molar-refractivity contribution in [2.45, 2.75) is 25.3 Å². The first-order valence-corrected chi connectivity index (χ1v) is 18.0. The van der Waals surface area contributed by atoms with Gasteiger partial charge in [0.15, 0.2) is 0 Å². The Bertz CT molecular complexity index is 2490. The fraction of sp³-hybridized carbons (Fsp3) is 0.102. The van der Waals surface area contributed by atoms with Gasteiger partial charge in [-0.1, -0.05) is 140 Å². The first-order chi connectivity index (χ1) is 25.3. The predicted molar refractivity (Wildman–Crippen MR) is 217 cm³/mol. The molecule has 2 heterocycles. The van der Waals surface area contributed by atoms with Crippen molar-refractivity contribution in [1.29, 1.82) is 0 Å². The van der Waals surface area contributed by atoms with E-state index in [1.165, 1.54) is 54.9 Å². The zero-order valence-corrected chi connectivity index (χ0v) is 28.5. The SMILES string of the molecule is C1=CC=C(C2=NC(C3C=CC=CC3)CC(c3cc(-c4ccc(-c5ccccc5)cn4)cc(-c4cc5ccccc5c5ccccc45)c3)=C2)CC=C1. The summed E-state index contributed by atoms with van der Waals surface area (Å²) in [5.74, 6) is 0.366. The molecule has 0 fully saturated rings. The van der Waals surface area contributed by atoms with E-state index in [1.54, 1.807) is 0 Å². The number of hydrogen-bond donors (Lipinski definition) is 0. The van der Waals surface area contributed by atoms with Crippen LogP contribution in [-0.4, -0.2) is 16.7 Å². The maximum Gasteiger partial charge on any atom is 0.0702 e. The van der Waals surface area contributed by atoms with Crippen molar-refractivity contribution < 1.29 is 0 Å². The maximum atomic E-state index is 5.43. The van der Waals surface area contributed by atoms with Gasteiger partial charge in [0.25, 0.3) is 0 Å². The van der Waals surface area contributed by atoms with Crippen LogP contribution in [0.4, 0.5) is 0 Å². The third-order valence-electron chi connectivity index (χ3n) is 10.4. The number of pyridine rings is 1. The normalized spacial score (nSPS) is 18.4. The zero-order chi connectivity index (χ0) is 34.0.